The van der Waals surface area contributed by atoms with Gasteiger partial charge in [0.15, 0.2) is 0 Å². The van der Waals surface area contributed by atoms with Crippen molar-refractivity contribution in [2.45, 2.75) is 12.3 Å². The average Bonchev–Trinajstić information content (AvgIpc) is 2.44. The Hall–Kier alpha value is -1.03. The first kappa shape index (κ1) is 15.4. The van der Waals surface area contributed by atoms with Gasteiger partial charge in [-0.2, -0.15) is 0 Å². The van der Waals surface area contributed by atoms with Crippen LogP contribution in [0.1, 0.15) is 16.5 Å². The molecule has 1 unspecified atom stereocenters. The van der Waals surface area contributed by atoms with E-state index in [4.69, 9.17) is 23.2 Å². The van der Waals surface area contributed by atoms with Gasteiger partial charge in [-0.3, -0.25) is 4.79 Å². The van der Waals surface area contributed by atoms with Gasteiger partial charge in [-0.15, -0.1) is 11.6 Å². The molecule has 0 fully saturated rings. The van der Waals surface area contributed by atoms with E-state index in [2.05, 4.69) is 21.2 Å². The summed E-state index contributed by atoms with van der Waals surface area (Å²) in [5.74, 6) is -0.293. The molecule has 104 valence electrons. The number of halogens is 3. The van der Waals surface area contributed by atoms with Crippen LogP contribution in [0, 0.1) is 6.92 Å². The van der Waals surface area contributed by atoms with Crippen LogP contribution in [0.15, 0.2) is 46.9 Å². The topological polar surface area (TPSA) is 29.1 Å². The molecule has 0 aliphatic rings. The lowest BCUT2D eigenvalue weighted by Crippen LogP contribution is -2.17. The van der Waals surface area contributed by atoms with E-state index in [1.54, 1.807) is 6.07 Å². The van der Waals surface area contributed by atoms with Crippen molar-refractivity contribution in [1.82, 2.24) is 0 Å². The number of hydrogen-bond donors (Lipinski definition) is 1. The van der Waals surface area contributed by atoms with Crippen molar-refractivity contribution in [2.75, 3.05) is 5.32 Å². The Bertz CT molecular complexity index is 631. The van der Waals surface area contributed by atoms with Crippen molar-refractivity contribution in [1.29, 1.82) is 0 Å². The maximum atomic E-state index is 12.2. The molecule has 0 aromatic heterocycles. The molecule has 1 amide bonds. The molecule has 2 aromatic rings. The van der Waals surface area contributed by atoms with Crippen molar-refractivity contribution in [3.05, 3.63) is 63.1 Å². The fourth-order valence-electron chi connectivity index (χ4n) is 1.71. The van der Waals surface area contributed by atoms with Crippen molar-refractivity contribution >= 4 is 50.7 Å². The lowest BCUT2D eigenvalue weighted by molar-refractivity contribution is -0.116. The molecule has 2 rings (SSSR count). The van der Waals surface area contributed by atoms with Crippen LogP contribution in [0.4, 0.5) is 5.69 Å². The summed E-state index contributed by atoms with van der Waals surface area (Å²) in [6, 6.07) is 12.7. The minimum atomic E-state index is -0.747. The predicted octanol–water partition coefficient (Wildman–Crippen LogP) is 5.33. The molecule has 5 heteroatoms. The Kier molecular flexibility index (Phi) is 5.08. The Labute approximate surface area is 136 Å². The molecule has 0 aliphatic heterocycles. The molecule has 0 heterocycles. The fourth-order valence-corrected chi connectivity index (χ4v) is 2.63. The van der Waals surface area contributed by atoms with Crippen LogP contribution in [-0.2, 0) is 4.79 Å². The number of nitrogens with one attached hydrogen (secondary N) is 1. The minimum absolute atomic E-state index is 0.293. The second-order valence-electron chi connectivity index (χ2n) is 4.34. The second kappa shape index (κ2) is 6.61. The van der Waals surface area contributed by atoms with Crippen LogP contribution in [0.25, 0.3) is 0 Å². The number of anilines is 1. The van der Waals surface area contributed by atoms with Crippen molar-refractivity contribution in [2.24, 2.45) is 0 Å². The lowest BCUT2D eigenvalue weighted by Gasteiger charge is -2.13. The molecule has 0 bridgehead atoms. The van der Waals surface area contributed by atoms with E-state index in [0.29, 0.717) is 10.7 Å². The smallest absolute Gasteiger partial charge is 0.247 e. The summed E-state index contributed by atoms with van der Waals surface area (Å²) >= 11 is 15.6. The Balaban J connectivity index is 2.18. The third-order valence-electron chi connectivity index (χ3n) is 2.83. The molecular weight excluding hydrogens is 361 g/mol. The number of amides is 1. The summed E-state index contributed by atoms with van der Waals surface area (Å²) in [4.78, 5) is 12.2. The third-order valence-corrected chi connectivity index (χ3v) is 4.34. The van der Waals surface area contributed by atoms with E-state index in [1.807, 2.05) is 43.3 Å². The molecule has 0 radical (unpaired) electrons. The number of rotatable bonds is 3. The SMILES string of the molecule is Cc1cc(Br)c(NC(=O)C(Cl)c2ccccc2)cc1Cl. The van der Waals surface area contributed by atoms with Gasteiger partial charge >= 0.3 is 0 Å². The first-order chi connectivity index (χ1) is 9.49. The number of alkyl halides is 1. The van der Waals surface area contributed by atoms with Crippen molar-refractivity contribution < 1.29 is 4.79 Å². The van der Waals surface area contributed by atoms with Gasteiger partial charge in [0.25, 0.3) is 0 Å². The predicted molar refractivity (Wildman–Crippen MR) is 87.6 cm³/mol. The lowest BCUT2D eigenvalue weighted by atomic mass is 10.1. The Morgan fingerprint density at radius 1 is 1.25 bits per heavy atom. The normalized spacial score (nSPS) is 12.0. The summed E-state index contributed by atoms with van der Waals surface area (Å²) < 4.78 is 0.768. The van der Waals surface area contributed by atoms with E-state index < -0.39 is 5.38 Å². The summed E-state index contributed by atoms with van der Waals surface area (Å²) in [6.45, 7) is 1.90. The van der Waals surface area contributed by atoms with Gasteiger partial charge in [0.1, 0.15) is 5.38 Å². The van der Waals surface area contributed by atoms with E-state index in [0.717, 1.165) is 15.6 Å². The maximum Gasteiger partial charge on any atom is 0.247 e. The molecule has 1 atom stereocenters. The molecule has 0 spiro atoms. The molecule has 0 saturated heterocycles. The quantitative estimate of drug-likeness (QED) is 0.725. The molecule has 0 saturated carbocycles. The molecule has 20 heavy (non-hydrogen) atoms. The summed E-state index contributed by atoms with van der Waals surface area (Å²) in [7, 11) is 0. The number of carbonyl (C=O) groups is 1. The largest absolute Gasteiger partial charge is 0.323 e. The molecule has 0 aliphatic carbocycles. The molecule has 2 nitrogen and oxygen atoms in total. The fraction of sp³-hybridized carbons (Fsp3) is 0.133. The average molecular weight is 373 g/mol. The maximum absolute atomic E-state index is 12.2. The van der Waals surface area contributed by atoms with Gasteiger partial charge in [-0.25, -0.2) is 0 Å². The Morgan fingerprint density at radius 3 is 2.55 bits per heavy atom. The number of hydrogen-bond acceptors (Lipinski definition) is 1. The van der Waals surface area contributed by atoms with E-state index >= 15 is 0 Å². The molecular formula is C15H12BrCl2NO. The minimum Gasteiger partial charge on any atom is -0.323 e. The van der Waals surface area contributed by atoms with Crippen LogP contribution in [0.2, 0.25) is 5.02 Å². The van der Waals surface area contributed by atoms with Crippen LogP contribution >= 0.6 is 39.1 Å². The summed E-state index contributed by atoms with van der Waals surface area (Å²) in [5, 5.41) is 2.62. The highest BCUT2D eigenvalue weighted by Gasteiger charge is 2.18. The van der Waals surface area contributed by atoms with Gasteiger partial charge in [-0.1, -0.05) is 41.9 Å². The zero-order valence-electron chi connectivity index (χ0n) is 10.7. The van der Waals surface area contributed by atoms with Crippen LogP contribution in [0.5, 0.6) is 0 Å². The van der Waals surface area contributed by atoms with Gasteiger partial charge in [-0.05, 0) is 46.1 Å². The van der Waals surface area contributed by atoms with Crippen LogP contribution < -0.4 is 5.32 Å². The number of benzene rings is 2. The van der Waals surface area contributed by atoms with E-state index in [1.165, 1.54) is 0 Å². The van der Waals surface area contributed by atoms with Gasteiger partial charge in [0.2, 0.25) is 5.91 Å². The van der Waals surface area contributed by atoms with Gasteiger partial charge in [0, 0.05) is 9.50 Å². The zero-order valence-corrected chi connectivity index (χ0v) is 13.8. The first-order valence-electron chi connectivity index (χ1n) is 5.94. The zero-order chi connectivity index (χ0) is 14.7. The highest BCUT2D eigenvalue weighted by atomic mass is 79.9. The second-order valence-corrected chi connectivity index (χ2v) is 6.04. The highest BCUT2D eigenvalue weighted by molar-refractivity contribution is 9.10. The van der Waals surface area contributed by atoms with Crippen molar-refractivity contribution in [3.63, 3.8) is 0 Å². The summed E-state index contributed by atoms with van der Waals surface area (Å²) in [6.07, 6.45) is 0. The standard InChI is InChI=1S/C15H12BrCl2NO/c1-9-7-11(16)13(8-12(9)17)19-15(20)14(18)10-5-3-2-4-6-10/h2-8,14H,1H3,(H,19,20). The number of carbonyl (C=O) groups excluding carboxylic acids is 1. The highest BCUT2D eigenvalue weighted by Crippen LogP contribution is 2.30. The monoisotopic (exact) mass is 371 g/mol. The first-order valence-corrected chi connectivity index (χ1v) is 7.55. The molecule has 1 N–H and O–H groups in total. The summed E-state index contributed by atoms with van der Waals surface area (Å²) in [5.41, 5.74) is 2.29. The van der Waals surface area contributed by atoms with Gasteiger partial charge in [0.05, 0.1) is 5.69 Å². The van der Waals surface area contributed by atoms with E-state index in [-0.39, 0.29) is 5.91 Å². The number of aryl methyl sites for hydroxylation is 1. The molecule has 2 aromatic carbocycles. The van der Waals surface area contributed by atoms with Gasteiger partial charge < -0.3 is 5.32 Å². The van der Waals surface area contributed by atoms with Crippen molar-refractivity contribution in [3.8, 4) is 0 Å². The van der Waals surface area contributed by atoms with Crippen LogP contribution in [0.3, 0.4) is 0 Å². The third kappa shape index (κ3) is 3.54. The Morgan fingerprint density at radius 2 is 1.90 bits per heavy atom. The van der Waals surface area contributed by atoms with E-state index in [9.17, 15) is 4.79 Å². The van der Waals surface area contributed by atoms with Crippen LogP contribution in [-0.4, -0.2) is 5.91 Å².